The van der Waals surface area contributed by atoms with Gasteiger partial charge in [0.2, 0.25) is 0 Å². The number of pyridine rings is 1. The summed E-state index contributed by atoms with van der Waals surface area (Å²) in [5, 5.41) is 9.44. The summed E-state index contributed by atoms with van der Waals surface area (Å²) in [6, 6.07) is 12.0. The Morgan fingerprint density at radius 1 is 1.14 bits per heavy atom. The number of fused-ring (bicyclic) bond motifs is 1. The predicted molar refractivity (Wildman–Crippen MR) is 88.0 cm³/mol. The fourth-order valence-electron chi connectivity index (χ4n) is 2.34. The third-order valence-electron chi connectivity index (χ3n) is 3.68. The number of H-pyrrole nitrogens is 1. The van der Waals surface area contributed by atoms with Crippen molar-refractivity contribution in [2.45, 2.75) is 20.8 Å². The number of aryl methyl sites for hydroxylation is 3. The average molecular weight is 288 g/mol. The summed E-state index contributed by atoms with van der Waals surface area (Å²) in [6.45, 7) is 6.05. The first-order chi connectivity index (χ1) is 10.6. The first-order valence-electron chi connectivity index (χ1n) is 7.09. The second-order valence-corrected chi connectivity index (χ2v) is 5.41. The molecule has 108 valence electrons. The van der Waals surface area contributed by atoms with Crippen LogP contribution in [0.2, 0.25) is 0 Å². The maximum Gasteiger partial charge on any atom is 0.149 e. The monoisotopic (exact) mass is 288 g/mol. The van der Waals surface area contributed by atoms with Crippen molar-refractivity contribution in [3.05, 3.63) is 58.7 Å². The standard InChI is InChI=1S/C18H16N4/c1-11-7-16-17(8-12(11)2)22-18(21-16)14(10-19)9-15-6-4-5-13(3)20-15/h4-9H,1-3H3,(H,21,22)/b14-9+. The van der Waals surface area contributed by atoms with E-state index >= 15 is 0 Å². The lowest BCUT2D eigenvalue weighted by atomic mass is 10.1. The SMILES string of the molecule is Cc1cccc(/C=C(\C#N)c2nc3cc(C)c(C)cc3[nH]2)n1. The molecule has 0 saturated carbocycles. The topological polar surface area (TPSA) is 65.4 Å². The van der Waals surface area contributed by atoms with Crippen molar-refractivity contribution >= 4 is 22.7 Å². The predicted octanol–water partition coefficient (Wildman–Crippen LogP) is 3.95. The van der Waals surface area contributed by atoms with E-state index in [1.54, 1.807) is 6.08 Å². The van der Waals surface area contributed by atoms with Gasteiger partial charge in [0.25, 0.3) is 0 Å². The number of aromatic nitrogens is 3. The van der Waals surface area contributed by atoms with Gasteiger partial charge < -0.3 is 4.98 Å². The van der Waals surface area contributed by atoms with E-state index in [0.29, 0.717) is 11.4 Å². The molecule has 3 rings (SSSR count). The molecule has 0 amide bonds. The highest BCUT2D eigenvalue weighted by molar-refractivity contribution is 5.90. The minimum atomic E-state index is 0.476. The molecule has 2 heterocycles. The molecule has 0 fully saturated rings. The van der Waals surface area contributed by atoms with Gasteiger partial charge in [-0.2, -0.15) is 5.26 Å². The van der Waals surface area contributed by atoms with Crippen molar-refractivity contribution in [1.82, 2.24) is 15.0 Å². The van der Waals surface area contributed by atoms with Crippen LogP contribution >= 0.6 is 0 Å². The molecule has 22 heavy (non-hydrogen) atoms. The minimum absolute atomic E-state index is 0.476. The number of nitrogens with one attached hydrogen (secondary N) is 1. The number of hydrogen-bond acceptors (Lipinski definition) is 3. The van der Waals surface area contributed by atoms with Gasteiger partial charge in [-0.1, -0.05) is 6.07 Å². The zero-order valence-corrected chi connectivity index (χ0v) is 12.8. The number of rotatable bonds is 2. The van der Waals surface area contributed by atoms with E-state index in [4.69, 9.17) is 0 Å². The summed E-state index contributed by atoms with van der Waals surface area (Å²) < 4.78 is 0. The molecular formula is C18H16N4. The van der Waals surface area contributed by atoms with Gasteiger partial charge in [0, 0.05) is 5.69 Å². The van der Waals surface area contributed by atoms with Crippen molar-refractivity contribution in [2.24, 2.45) is 0 Å². The van der Waals surface area contributed by atoms with E-state index in [2.05, 4.69) is 40.9 Å². The van der Waals surface area contributed by atoms with E-state index in [0.717, 1.165) is 22.4 Å². The highest BCUT2D eigenvalue weighted by Gasteiger charge is 2.09. The first-order valence-corrected chi connectivity index (χ1v) is 7.09. The molecule has 0 atom stereocenters. The molecular weight excluding hydrogens is 272 g/mol. The van der Waals surface area contributed by atoms with Crippen molar-refractivity contribution in [2.75, 3.05) is 0 Å². The lowest BCUT2D eigenvalue weighted by Crippen LogP contribution is -1.88. The summed E-state index contributed by atoms with van der Waals surface area (Å²) in [4.78, 5) is 12.1. The fraction of sp³-hybridized carbons (Fsp3) is 0.167. The third kappa shape index (κ3) is 2.61. The number of aromatic amines is 1. The molecule has 1 aromatic carbocycles. The van der Waals surface area contributed by atoms with Crippen molar-refractivity contribution in [1.29, 1.82) is 5.26 Å². The molecule has 0 bridgehead atoms. The van der Waals surface area contributed by atoms with Crippen LogP contribution < -0.4 is 0 Å². The largest absolute Gasteiger partial charge is 0.337 e. The average Bonchev–Trinajstić information content (AvgIpc) is 2.88. The van der Waals surface area contributed by atoms with Crippen LogP contribution in [0.3, 0.4) is 0 Å². The number of nitrogens with zero attached hydrogens (tertiary/aromatic N) is 3. The normalized spacial score (nSPS) is 11.6. The van der Waals surface area contributed by atoms with Crippen LogP contribution in [-0.4, -0.2) is 15.0 Å². The van der Waals surface area contributed by atoms with E-state index in [-0.39, 0.29) is 0 Å². The summed E-state index contributed by atoms with van der Waals surface area (Å²) in [5.41, 5.74) is 6.35. The number of benzene rings is 1. The van der Waals surface area contributed by atoms with E-state index in [9.17, 15) is 5.26 Å². The molecule has 1 N–H and O–H groups in total. The summed E-state index contributed by atoms with van der Waals surface area (Å²) in [6.07, 6.45) is 1.75. The number of hydrogen-bond donors (Lipinski definition) is 1. The van der Waals surface area contributed by atoms with Gasteiger partial charge in [-0.3, -0.25) is 4.98 Å². The van der Waals surface area contributed by atoms with Crippen molar-refractivity contribution in [3.8, 4) is 6.07 Å². The number of nitriles is 1. The maximum atomic E-state index is 9.44. The van der Waals surface area contributed by atoms with Gasteiger partial charge in [-0.25, -0.2) is 4.98 Å². The van der Waals surface area contributed by atoms with Gasteiger partial charge in [-0.05, 0) is 62.2 Å². The quantitative estimate of drug-likeness (QED) is 0.726. The second kappa shape index (κ2) is 5.45. The molecule has 0 aliphatic carbocycles. The van der Waals surface area contributed by atoms with Crippen LogP contribution in [0.5, 0.6) is 0 Å². The van der Waals surface area contributed by atoms with Crippen molar-refractivity contribution < 1.29 is 0 Å². The zero-order valence-electron chi connectivity index (χ0n) is 12.8. The van der Waals surface area contributed by atoms with E-state index < -0.39 is 0 Å². The highest BCUT2D eigenvalue weighted by Crippen LogP contribution is 2.21. The molecule has 0 aliphatic heterocycles. The Bertz CT molecular complexity index is 887. The Kier molecular flexibility index (Phi) is 3.48. The maximum absolute atomic E-state index is 9.44. The fourth-order valence-corrected chi connectivity index (χ4v) is 2.34. The molecule has 3 aromatic rings. The Morgan fingerprint density at radius 2 is 1.91 bits per heavy atom. The van der Waals surface area contributed by atoms with Gasteiger partial charge in [0.05, 0.1) is 22.3 Å². The number of imidazole rings is 1. The highest BCUT2D eigenvalue weighted by atomic mass is 14.9. The summed E-state index contributed by atoms with van der Waals surface area (Å²) in [7, 11) is 0. The molecule has 0 radical (unpaired) electrons. The van der Waals surface area contributed by atoms with Gasteiger partial charge in [0.15, 0.2) is 0 Å². The Labute approximate surface area is 129 Å². The van der Waals surface area contributed by atoms with Gasteiger partial charge in [0.1, 0.15) is 11.9 Å². The summed E-state index contributed by atoms with van der Waals surface area (Å²) >= 11 is 0. The lowest BCUT2D eigenvalue weighted by Gasteiger charge is -1.97. The molecule has 0 aliphatic rings. The smallest absolute Gasteiger partial charge is 0.149 e. The van der Waals surface area contributed by atoms with Crippen LogP contribution in [-0.2, 0) is 0 Å². The molecule has 2 aromatic heterocycles. The molecule has 0 unspecified atom stereocenters. The molecule has 0 saturated heterocycles. The van der Waals surface area contributed by atoms with Crippen molar-refractivity contribution in [3.63, 3.8) is 0 Å². The Morgan fingerprint density at radius 3 is 2.64 bits per heavy atom. The third-order valence-corrected chi connectivity index (χ3v) is 3.68. The second-order valence-electron chi connectivity index (χ2n) is 5.41. The van der Waals surface area contributed by atoms with E-state index in [1.807, 2.05) is 31.2 Å². The molecule has 4 nitrogen and oxygen atoms in total. The van der Waals surface area contributed by atoms with Crippen LogP contribution in [0.15, 0.2) is 30.3 Å². The first kappa shape index (κ1) is 14.0. The molecule has 4 heteroatoms. The van der Waals surface area contributed by atoms with Gasteiger partial charge >= 0.3 is 0 Å². The van der Waals surface area contributed by atoms with E-state index in [1.165, 1.54) is 11.1 Å². The van der Waals surface area contributed by atoms with Crippen LogP contribution in [0, 0.1) is 32.1 Å². The van der Waals surface area contributed by atoms with Crippen LogP contribution in [0.4, 0.5) is 0 Å². The van der Waals surface area contributed by atoms with Crippen LogP contribution in [0.25, 0.3) is 22.7 Å². The van der Waals surface area contributed by atoms with Crippen LogP contribution in [0.1, 0.15) is 28.3 Å². The zero-order chi connectivity index (χ0) is 15.7. The lowest BCUT2D eigenvalue weighted by molar-refractivity contribution is 1.18. The van der Waals surface area contributed by atoms with Gasteiger partial charge in [-0.15, -0.1) is 0 Å². The summed E-state index contributed by atoms with van der Waals surface area (Å²) in [5.74, 6) is 0.575. The molecule has 0 spiro atoms. The minimum Gasteiger partial charge on any atom is -0.337 e. The Balaban J connectivity index is 2.09. The number of allylic oxidation sites excluding steroid dienone is 1. The Hall–Kier alpha value is -2.93.